The zero-order valence-electron chi connectivity index (χ0n) is 12.6. The molecule has 0 aromatic heterocycles. The minimum absolute atomic E-state index is 0.0605. The molecule has 3 unspecified atom stereocenters. The maximum atomic E-state index is 12.0. The highest BCUT2D eigenvalue weighted by Gasteiger charge is 2.27. The smallest absolute Gasteiger partial charge is 0.237 e. The molecule has 0 bridgehead atoms. The Bertz CT molecular complexity index is 290. The van der Waals surface area contributed by atoms with Gasteiger partial charge in [-0.2, -0.15) is 0 Å². The average Bonchev–Trinajstić information content (AvgIpc) is 2.55. The van der Waals surface area contributed by atoms with Crippen LogP contribution in [0.1, 0.15) is 65.2 Å². The maximum Gasteiger partial charge on any atom is 0.237 e. The SMILES string of the molecule is CC(C)CC1CCCC(NC2CCCCNC2=O)C1. The number of carbonyl (C=O) groups excluding carboxylic acids is 1. The van der Waals surface area contributed by atoms with Crippen molar-refractivity contribution in [2.45, 2.75) is 77.3 Å². The van der Waals surface area contributed by atoms with Crippen LogP contribution in [0.2, 0.25) is 0 Å². The standard InChI is InChI=1S/C16H30N2O/c1-12(2)10-13-6-5-7-14(11-13)18-15-8-3-4-9-17-16(15)19/h12-15,18H,3-11H2,1-2H3,(H,17,19). The number of hydrogen-bond acceptors (Lipinski definition) is 2. The first-order chi connectivity index (χ1) is 9.15. The molecule has 2 fully saturated rings. The molecule has 0 aromatic rings. The molecule has 0 spiro atoms. The second kappa shape index (κ2) is 7.28. The predicted octanol–water partition coefficient (Wildman–Crippen LogP) is 2.85. The quantitative estimate of drug-likeness (QED) is 0.821. The highest BCUT2D eigenvalue weighted by Crippen LogP contribution is 2.29. The molecule has 1 aliphatic heterocycles. The van der Waals surface area contributed by atoms with Crippen molar-refractivity contribution in [3.63, 3.8) is 0 Å². The summed E-state index contributed by atoms with van der Waals surface area (Å²) in [7, 11) is 0. The summed E-state index contributed by atoms with van der Waals surface area (Å²) in [6.07, 6.45) is 9.87. The summed E-state index contributed by atoms with van der Waals surface area (Å²) >= 11 is 0. The Morgan fingerprint density at radius 2 is 2.05 bits per heavy atom. The molecular formula is C16H30N2O. The van der Waals surface area contributed by atoms with Crippen molar-refractivity contribution in [1.82, 2.24) is 10.6 Å². The second-order valence-corrected chi connectivity index (χ2v) is 6.87. The summed E-state index contributed by atoms with van der Waals surface area (Å²) in [4.78, 5) is 12.0. The fourth-order valence-electron chi connectivity index (χ4n) is 3.71. The highest BCUT2D eigenvalue weighted by atomic mass is 16.2. The maximum absolute atomic E-state index is 12.0. The van der Waals surface area contributed by atoms with Crippen LogP contribution in [0.25, 0.3) is 0 Å². The molecule has 1 amide bonds. The molecule has 2 aliphatic rings. The largest absolute Gasteiger partial charge is 0.355 e. The number of rotatable bonds is 4. The Morgan fingerprint density at radius 3 is 2.84 bits per heavy atom. The lowest BCUT2D eigenvalue weighted by Gasteiger charge is -2.33. The molecule has 1 saturated carbocycles. The molecular weight excluding hydrogens is 236 g/mol. The van der Waals surface area contributed by atoms with Crippen molar-refractivity contribution >= 4 is 5.91 Å². The first-order valence-corrected chi connectivity index (χ1v) is 8.19. The summed E-state index contributed by atoms with van der Waals surface area (Å²) in [5.74, 6) is 1.88. The van der Waals surface area contributed by atoms with Gasteiger partial charge in [0.25, 0.3) is 0 Å². The van der Waals surface area contributed by atoms with E-state index in [2.05, 4.69) is 24.5 Å². The fraction of sp³-hybridized carbons (Fsp3) is 0.938. The molecule has 19 heavy (non-hydrogen) atoms. The van der Waals surface area contributed by atoms with Gasteiger partial charge in [0, 0.05) is 12.6 Å². The van der Waals surface area contributed by atoms with Crippen LogP contribution in [0, 0.1) is 11.8 Å². The van der Waals surface area contributed by atoms with Crippen molar-refractivity contribution in [2.75, 3.05) is 6.54 Å². The van der Waals surface area contributed by atoms with E-state index >= 15 is 0 Å². The molecule has 0 aromatic carbocycles. The third kappa shape index (κ3) is 4.79. The van der Waals surface area contributed by atoms with E-state index in [1.54, 1.807) is 0 Å². The topological polar surface area (TPSA) is 41.1 Å². The van der Waals surface area contributed by atoms with Crippen molar-refractivity contribution in [3.05, 3.63) is 0 Å². The van der Waals surface area contributed by atoms with Gasteiger partial charge in [-0.25, -0.2) is 0 Å². The minimum Gasteiger partial charge on any atom is -0.355 e. The molecule has 1 saturated heterocycles. The van der Waals surface area contributed by atoms with Crippen LogP contribution < -0.4 is 10.6 Å². The zero-order valence-corrected chi connectivity index (χ0v) is 12.6. The molecule has 3 nitrogen and oxygen atoms in total. The molecule has 2 rings (SSSR count). The summed E-state index contributed by atoms with van der Waals surface area (Å²) < 4.78 is 0. The van der Waals surface area contributed by atoms with Gasteiger partial charge < -0.3 is 10.6 Å². The van der Waals surface area contributed by atoms with Gasteiger partial charge in [0.1, 0.15) is 0 Å². The van der Waals surface area contributed by atoms with Gasteiger partial charge in [0.05, 0.1) is 6.04 Å². The van der Waals surface area contributed by atoms with Crippen LogP contribution in [-0.4, -0.2) is 24.5 Å². The van der Waals surface area contributed by atoms with Crippen LogP contribution in [0.4, 0.5) is 0 Å². The summed E-state index contributed by atoms with van der Waals surface area (Å²) in [6, 6.07) is 0.622. The van der Waals surface area contributed by atoms with Crippen LogP contribution in [0.3, 0.4) is 0 Å². The lowest BCUT2D eigenvalue weighted by atomic mass is 9.81. The first kappa shape index (κ1) is 14.8. The van der Waals surface area contributed by atoms with E-state index in [0.717, 1.165) is 31.2 Å². The van der Waals surface area contributed by atoms with Crippen molar-refractivity contribution in [1.29, 1.82) is 0 Å². The normalized spacial score (nSPS) is 33.0. The van der Waals surface area contributed by atoms with Gasteiger partial charge in [0.2, 0.25) is 5.91 Å². The number of nitrogens with one attached hydrogen (secondary N) is 2. The molecule has 1 aliphatic carbocycles. The Hall–Kier alpha value is -0.570. The van der Waals surface area contributed by atoms with Crippen LogP contribution >= 0.6 is 0 Å². The van der Waals surface area contributed by atoms with Crippen molar-refractivity contribution < 1.29 is 4.79 Å². The molecule has 0 radical (unpaired) electrons. The lowest BCUT2D eigenvalue weighted by Crippen LogP contribution is -2.48. The van der Waals surface area contributed by atoms with E-state index in [1.165, 1.54) is 38.5 Å². The third-order valence-electron chi connectivity index (χ3n) is 4.56. The summed E-state index contributed by atoms with van der Waals surface area (Å²) in [6.45, 7) is 5.49. The van der Waals surface area contributed by atoms with Gasteiger partial charge in [0.15, 0.2) is 0 Å². The second-order valence-electron chi connectivity index (χ2n) is 6.87. The number of carbonyl (C=O) groups is 1. The highest BCUT2D eigenvalue weighted by molar-refractivity contribution is 5.81. The van der Waals surface area contributed by atoms with E-state index in [0.29, 0.717) is 6.04 Å². The third-order valence-corrected chi connectivity index (χ3v) is 4.56. The molecule has 3 heteroatoms. The monoisotopic (exact) mass is 266 g/mol. The van der Waals surface area contributed by atoms with Crippen LogP contribution in [-0.2, 0) is 4.79 Å². The Kier molecular flexibility index (Phi) is 5.68. The van der Waals surface area contributed by atoms with Gasteiger partial charge in [-0.05, 0) is 50.4 Å². The lowest BCUT2D eigenvalue weighted by molar-refractivity contribution is -0.123. The van der Waals surface area contributed by atoms with E-state index in [-0.39, 0.29) is 11.9 Å². The van der Waals surface area contributed by atoms with E-state index in [9.17, 15) is 4.79 Å². The number of hydrogen-bond donors (Lipinski definition) is 2. The Morgan fingerprint density at radius 1 is 1.21 bits per heavy atom. The van der Waals surface area contributed by atoms with Gasteiger partial charge >= 0.3 is 0 Å². The Labute approximate surface area is 117 Å². The van der Waals surface area contributed by atoms with Gasteiger partial charge in [-0.3, -0.25) is 4.79 Å². The van der Waals surface area contributed by atoms with Crippen molar-refractivity contribution in [3.8, 4) is 0 Å². The van der Waals surface area contributed by atoms with Crippen LogP contribution in [0.15, 0.2) is 0 Å². The van der Waals surface area contributed by atoms with Crippen molar-refractivity contribution in [2.24, 2.45) is 11.8 Å². The Balaban J connectivity index is 1.82. The molecule has 2 N–H and O–H groups in total. The van der Waals surface area contributed by atoms with Gasteiger partial charge in [-0.15, -0.1) is 0 Å². The van der Waals surface area contributed by atoms with E-state index in [4.69, 9.17) is 0 Å². The zero-order chi connectivity index (χ0) is 13.7. The number of amides is 1. The molecule has 110 valence electrons. The van der Waals surface area contributed by atoms with E-state index in [1.807, 2.05) is 0 Å². The fourth-order valence-corrected chi connectivity index (χ4v) is 3.71. The minimum atomic E-state index is 0.0605. The van der Waals surface area contributed by atoms with E-state index < -0.39 is 0 Å². The first-order valence-electron chi connectivity index (χ1n) is 8.19. The molecule has 3 atom stereocenters. The summed E-state index contributed by atoms with van der Waals surface area (Å²) in [5, 5.41) is 6.66. The average molecular weight is 266 g/mol. The van der Waals surface area contributed by atoms with Crippen LogP contribution in [0.5, 0.6) is 0 Å². The van der Waals surface area contributed by atoms with Gasteiger partial charge in [-0.1, -0.05) is 26.7 Å². The molecule has 1 heterocycles. The predicted molar refractivity (Wildman–Crippen MR) is 79.0 cm³/mol. The summed E-state index contributed by atoms with van der Waals surface area (Å²) in [5.41, 5.74) is 0.